The van der Waals surface area contributed by atoms with E-state index < -0.39 is 11.0 Å². The highest BCUT2D eigenvalue weighted by atomic mass is 32.1. The van der Waals surface area contributed by atoms with Crippen LogP contribution >= 0.6 is 11.3 Å². The Morgan fingerprint density at radius 1 is 1.31 bits per heavy atom. The van der Waals surface area contributed by atoms with Gasteiger partial charge in [0.05, 0.1) is 4.92 Å². The Kier molecular flexibility index (Phi) is 2.98. The Bertz CT molecular complexity index is 496. The van der Waals surface area contributed by atoms with Crippen molar-refractivity contribution in [2.24, 2.45) is 0 Å². The maximum atomic E-state index is 10.6. The summed E-state index contributed by atoms with van der Waals surface area (Å²) in [6, 6.07) is 9.69. The van der Waals surface area contributed by atoms with Crippen LogP contribution < -0.4 is 0 Å². The molecule has 1 N–H and O–H groups in total. The molecule has 1 heterocycles. The van der Waals surface area contributed by atoms with E-state index in [1.807, 2.05) is 11.4 Å². The summed E-state index contributed by atoms with van der Waals surface area (Å²) in [4.78, 5) is 10.9. The Morgan fingerprint density at radius 3 is 2.75 bits per heavy atom. The maximum absolute atomic E-state index is 10.6. The number of nitrogens with zero attached hydrogens (tertiary/aromatic N) is 1. The number of aliphatic hydroxyl groups excluding tert-OH is 1. The smallest absolute Gasteiger partial charge is 0.269 e. The number of hydrogen-bond donors (Lipinski definition) is 1. The molecule has 0 amide bonds. The number of nitro groups is 1. The average molecular weight is 235 g/mol. The quantitative estimate of drug-likeness (QED) is 0.657. The van der Waals surface area contributed by atoms with Gasteiger partial charge in [-0.2, -0.15) is 0 Å². The van der Waals surface area contributed by atoms with Gasteiger partial charge >= 0.3 is 0 Å². The highest BCUT2D eigenvalue weighted by molar-refractivity contribution is 7.10. The lowest BCUT2D eigenvalue weighted by Crippen LogP contribution is -1.98. The van der Waals surface area contributed by atoms with E-state index in [0.717, 1.165) is 4.88 Å². The highest BCUT2D eigenvalue weighted by Gasteiger charge is 2.14. The van der Waals surface area contributed by atoms with Gasteiger partial charge in [-0.15, -0.1) is 11.3 Å². The largest absolute Gasteiger partial charge is 0.383 e. The number of hydrogen-bond acceptors (Lipinski definition) is 4. The summed E-state index contributed by atoms with van der Waals surface area (Å²) in [6.45, 7) is 0. The van der Waals surface area contributed by atoms with Crippen LogP contribution in [0.3, 0.4) is 0 Å². The second kappa shape index (κ2) is 4.42. The summed E-state index contributed by atoms with van der Waals surface area (Å²) < 4.78 is 0. The Hall–Kier alpha value is -1.72. The number of aliphatic hydroxyl groups is 1. The monoisotopic (exact) mass is 235 g/mol. The molecule has 82 valence electrons. The van der Waals surface area contributed by atoms with Gasteiger partial charge in [0.1, 0.15) is 6.10 Å². The van der Waals surface area contributed by atoms with Crippen molar-refractivity contribution in [3.63, 3.8) is 0 Å². The minimum absolute atomic E-state index is 0.00638. The summed E-state index contributed by atoms with van der Waals surface area (Å²) in [6.07, 6.45) is -0.792. The van der Waals surface area contributed by atoms with Crippen LogP contribution in [-0.4, -0.2) is 10.0 Å². The second-order valence-corrected chi connectivity index (χ2v) is 4.25. The van der Waals surface area contributed by atoms with Gasteiger partial charge in [0.2, 0.25) is 0 Å². The van der Waals surface area contributed by atoms with Crippen molar-refractivity contribution >= 4 is 17.0 Å². The fraction of sp³-hybridized carbons (Fsp3) is 0.0909. The van der Waals surface area contributed by atoms with E-state index in [1.54, 1.807) is 18.2 Å². The molecule has 0 fully saturated rings. The van der Waals surface area contributed by atoms with Crippen molar-refractivity contribution in [3.8, 4) is 0 Å². The van der Waals surface area contributed by atoms with Crippen LogP contribution in [0.2, 0.25) is 0 Å². The molecule has 2 aromatic rings. The van der Waals surface area contributed by atoms with Crippen LogP contribution in [-0.2, 0) is 0 Å². The lowest BCUT2D eigenvalue weighted by molar-refractivity contribution is -0.385. The number of non-ortho nitro benzene ring substituents is 1. The molecule has 1 unspecified atom stereocenters. The molecule has 0 spiro atoms. The molecule has 0 bridgehead atoms. The standard InChI is InChI=1S/C11H9NO3S/c13-11(10-5-2-6-16-10)8-3-1-4-9(7-8)12(14)15/h1-7,11,13H. The van der Waals surface area contributed by atoms with Crippen molar-refractivity contribution in [2.75, 3.05) is 0 Å². The molecule has 0 aliphatic carbocycles. The molecule has 0 saturated heterocycles. The minimum atomic E-state index is -0.792. The lowest BCUT2D eigenvalue weighted by atomic mass is 10.1. The van der Waals surface area contributed by atoms with Crippen molar-refractivity contribution in [1.82, 2.24) is 0 Å². The highest BCUT2D eigenvalue weighted by Crippen LogP contribution is 2.27. The minimum Gasteiger partial charge on any atom is -0.383 e. The van der Waals surface area contributed by atoms with E-state index in [9.17, 15) is 15.2 Å². The molecule has 2 rings (SSSR count). The molecule has 4 nitrogen and oxygen atoms in total. The van der Waals surface area contributed by atoms with Gasteiger partial charge < -0.3 is 5.11 Å². The fourth-order valence-electron chi connectivity index (χ4n) is 1.42. The van der Waals surface area contributed by atoms with Crippen LogP contribution in [0, 0.1) is 10.1 Å². The molecule has 0 aliphatic heterocycles. The molecular formula is C11H9NO3S. The van der Waals surface area contributed by atoms with Crippen LogP contribution in [0.1, 0.15) is 16.5 Å². The van der Waals surface area contributed by atoms with E-state index >= 15 is 0 Å². The third-order valence-electron chi connectivity index (χ3n) is 2.21. The fourth-order valence-corrected chi connectivity index (χ4v) is 2.16. The summed E-state index contributed by atoms with van der Waals surface area (Å²) in [5.74, 6) is 0. The van der Waals surface area contributed by atoms with Gasteiger partial charge in [0.25, 0.3) is 5.69 Å². The molecule has 1 aromatic heterocycles. The Morgan fingerprint density at radius 2 is 2.12 bits per heavy atom. The molecule has 16 heavy (non-hydrogen) atoms. The predicted molar refractivity (Wildman–Crippen MR) is 61.5 cm³/mol. The summed E-state index contributed by atoms with van der Waals surface area (Å²) in [7, 11) is 0. The molecule has 0 saturated carbocycles. The first-order chi connectivity index (χ1) is 7.68. The molecule has 0 aliphatic rings. The first kappa shape index (κ1) is 10.8. The van der Waals surface area contributed by atoms with E-state index in [4.69, 9.17) is 0 Å². The average Bonchev–Trinajstić information content (AvgIpc) is 2.81. The number of benzene rings is 1. The number of rotatable bonds is 3. The zero-order chi connectivity index (χ0) is 11.5. The molecule has 5 heteroatoms. The SMILES string of the molecule is O=[N+]([O-])c1cccc(C(O)c2cccs2)c1. The molecule has 1 aromatic carbocycles. The zero-order valence-corrected chi connectivity index (χ0v) is 9.05. The number of nitro benzene ring substituents is 1. The van der Waals surface area contributed by atoms with Crippen LogP contribution in [0.15, 0.2) is 41.8 Å². The van der Waals surface area contributed by atoms with Crippen molar-refractivity contribution in [1.29, 1.82) is 0 Å². The normalized spacial score (nSPS) is 12.3. The number of thiophene rings is 1. The molecule has 1 atom stereocenters. The first-order valence-corrected chi connectivity index (χ1v) is 5.52. The maximum Gasteiger partial charge on any atom is 0.269 e. The van der Waals surface area contributed by atoms with Gasteiger partial charge in [-0.25, -0.2) is 0 Å². The van der Waals surface area contributed by atoms with Gasteiger partial charge in [-0.3, -0.25) is 10.1 Å². The Balaban J connectivity index is 2.34. The predicted octanol–water partition coefficient (Wildman–Crippen LogP) is 2.74. The summed E-state index contributed by atoms with van der Waals surface area (Å²) in [5, 5.41) is 22.4. The first-order valence-electron chi connectivity index (χ1n) is 4.64. The van der Waals surface area contributed by atoms with E-state index in [-0.39, 0.29) is 5.69 Å². The van der Waals surface area contributed by atoms with Crippen molar-refractivity contribution in [2.45, 2.75) is 6.10 Å². The zero-order valence-electron chi connectivity index (χ0n) is 8.24. The Labute approximate surface area is 95.9 Å². The summed E-state index contributed by atoms with van der Waals surface area (Å²) >= 11 is 1.42. The van der Waals surface area contributed by atoms with Crippen LogP contribution in [0.4, 0.5) is 5.69 Å². The molecular weight excluding hydrogens is 226 g/mol. The van der Waals surface area contributed by atoms with Crippen LogP contribution in [0.5, 0.6) is 0 Å². The summed E-state index contributed by atoms with van der Waals surface area (Å²) in [5.41, 5.74) is 0.532. The van der Waals surface area contributed by atoms with Crippen molar-refractivity contribution in [3.05, 3.63) is 62.3 Å². The third kappa shape index (κ3) is 2.10. The second-order valence-electron chi connectivity index (χ2n) is 3.27. The molecule has 0 radical (unpaired) electrons. The van der Waals surface area contributed by atoms with E-state index in [2.05, 4.69) is 0 Å². The van der Waals surface area contributed by atoms with E-state index in [1.165, 1.54) is 23.5 Å². The van der Waals surface area contributed by atoms with Gasteiger partial charge in [0.15, 0.2) is 0 Å². The van der Waals surface area contributed by atoms with Gasteiger partial charge in [-0.05, 0) is 17.0 Å². The lowest BCUT2D eigenvalue weighted by Gasteiger charge is -2.08. The topological polar surface area (TPSA) is 63.4 Å². The third-order valence-corrected chi connectivity index (χ3v) is 3.13. The van der Waals surface area contributed by atoms with Crippen LogP contribution in [0.25, 0.3) is 0 Å². The van der Waals surface area contributed by atoms with Gasteiger partial charge in [0, 0.05) is 17.0 Å². The van der Waals surface area contributed by atoms with Gasteiger partial charge in [-0.1, -0.05) is 18.2 Å². The van der Waals surface area contributed by atoms with Crippen molar-refractivity contribution < 1.29 is 10.0 Å². The van der Waals surface area contributed by atoms with E-state index in [0.29, 0.717) is 5.56 Å².